The fourth-order valence-corrected chi connectivity index (χ4v) is 4.37. The first-order valence-corrected chi connectivity index (χ1v) is 9.83. The Hall–Kier alpha value is -3.52. The molecule has 2 aliphatic heterocycles. The Morgan fingerprint density at radius 1 is 1.23 bits per heavy atom. The summed E-state index contributed by atoms with van der Waals surface area (Å²) < 4.78 is 14.4. The van der Waals surface area contributed by atoms with Gasteiger partial charge in [0, 0.05) is 24.3 Å². The van der Waals surface area contributed by atoms with E-state index in [0.717, 1.165) is 23.2 Å². The van der Waals surface area contributed by atoms with Crippen molar-refractivity contribution in [1.29, 1.82) is 0 Å². The minimum Gasteiger partial charge on any atom is -0.377 e. The lowest BCUT2D eigenvalue weighted by molar-refractivity contribution is 0.0958. The molecule has 0 fully saturated rings. The van der Waals surface area contributed by atoms with E-state index in [-0.39, 0.29) is 17.9 Å². The summed E-state index contributed by atoms with van der Waals surface area (Å²) in [6.07, 6.45) is 3.46. The summed E-state index contributed by atoms with van der Waals surface area (Å²) in [4.78, 5) is 17.0. The number of H-pyrrole nitrogens is 1. The number of carbonyl (C=O) groups excluding carboxylic acids is 1. The standard InChI is InChI=1S/C22H21FN6O/c1-24-10-12-2-4-13(5-3-12)20-19(21-26-11-27-29-21)15-6-7-25-22(30)16-8-14(23)9-17(28-20)18(15)16/h2-6,8-9,11,19-20,24,28H,7,10H2,1H3,(H,25,30)(H,26,27,29). The topological polar surface area (TPSA) is 94.7 Å². The summed E-state index contributed by atoms with van der Waals surface area (Å²) in [5.74, 6) is -0.265. The molecule has 0 spiro atoms. The van der Waals surface area contributed by atoms with Crippen LogP contribution in [0.3, 0.4) is 0 Å². The number of amides is 1. The molecule has 1 aromatic heterocycles. The lowest BCUT2D eigenvalue weighted by Gasteiger charge is -2.36. The number of halogens is 1. The zero-order valence-corrected chi connectivity index (χ0v) is 16.4. The summed E-state index contributed by atoms with van der Waals surface area (Å²) in [5.41, 5.74) is 4.79. The van der Waals surface area contributed by atoms with Crippen LogP contribution in [0.1, 0.15) is 44.8 Å². The normalized spacial score (nSPS) is 19.9. The summed E-state index contributed by atoms with van der Waals surface area (Å²) in [5, 5.41) is 16.5. The largest absolute Gasteiger partial charge is 0.377 e. The minimum absolute atomic E-state index is 0.205. The van der Waals surface area contributed by atoms with E-state index < -0.39 is 5.82 Å². The number of anilines is 1. The van der Waals surface area contributed by atoms with E-state index in [1.54, 1.807) is 0 Å². The first-order chi connectivity index (χ1) is 14.7. The van der Waals surface area contributed by atoms with Crippen molar-refractivity contribution >= 4 is 17.2 Å². The molecule has 8 heteroatoms. The summed E-state index contributed by atoms with van der Waals surface area (Å²) in [6.45, 7) is 1.14. The second kappa shape index (κ2) is 7.38. The third kappa shape index (κ3) is 3.05. The Labute approximate surface area is 172 Å². The van der Waals surface area contributed by atoms with Gasteiger partial charge in [-0.1, -0.05) is 30.3 Å². The highest BCUT2D eigenvalue weighted by Crippen LogP contribution is 2.50. The molecule has 3 heterocycles. The van der Waals surface area contributed by atoms with Crippen molar-refractivity contribution in [3.63, 3.8) is 0 Å². The summed E-state index contributed by atoms with van der Waals surface area (Å²) in [6, 6.07) is 10.8. The van der Waals surface area contributed by atoms with Crippen LogP contribution in [0.25, 0.3) is 5.57 Å². The van der Waals surface area contributed by atoms with E-state index >= 15 is 0 Å². The lowest BCUT2D eigenvalue weighted by atomic mass is 9.77. The maximum absolute atomic E-state index is 14.4. The second-order valence-corrected chi connectivity index (χ2v) is 7.49. The van der Waals surface area contributed by atoms with Gasteiger partial charge in [-0.25, -0.2) is 9.37 Å². The highest BCUT2D eigenvalue weighted by atomic mass is 19.1. The molecule has 2 aliphatic rings. The Morgan fingerprint density at radius 3 is 2.80 bits per heavy atom. The predicted molar refractivity (Wildman–Crippen MR) is 111 cm³/mol. The molecular formula is C22H21FN6O. The van der Waals surface area contributed by atoms with Gasteiger partial charge in [-0.3, -0.25) is 9.89 Å². The zero-order valence-electron chi connectivity index (χ0n) is 16.4. The molecular weight excluding hydrogens is 383 g/mol. The quantitative estimate of drug-likeness (QED) is 0.536. The van der Waals surface area contributed by atoms with Gasteiger partial charge in [0.25, 0.3) is 5.91 Å². The van der Waals surface area contributed by atoms with Crippen LogP contribution in [0.4, 0.5) is 10.1 Å². The van der Waals surface area contributed by atoms with Crippen molar-refractivity contribution in [2.24, 2.45) is 0 Å². The van der Waals surface area contributed by atoms with E-state index in [9.17, 15) is 9.18 Å². The molecule has 0 saturated heterocycles. The van der Waals surface area contributed by atoms with Gasteiger partial charge in [-0.2, -0.15) is 5.10 Å². The third-order valence-corrected chi connectivity index (χ3v) is 5.65. The number of carbonyl (C=O) groups is 1. The molecule has 1 amide bonds. The maximum atomic E-state index is 14.4. The Bertz CT molecular complexity index is 1120. The molecule has 2 unspecified atom stereocenters. The second-order valence-electron chi connectivity index (χ2n) is 7.49. The summed E-state index contributed by atoms with van der Waals surface area (Å²) in [7, 11) is 1.91. The number of rotatable bonds is 4. The maximum Gasteiger partial charge on any atom is 0.252 e. The SMILES string of the molecule is CNCc1ccc(C2Nc3cc(F)cc4c3C(=CCNC4=O)C2c2ncn[nH]2)cc1. The van der Waals surface area contributed by atoms with Gasteiger partial charge in [0.1, 0.15) is 18.0 Å². The molecule has 30 heavy (non-hydrogen) atoms. The van der Waals surface area contributed by atoms with Crippen molar-refractivity contribution in [3.8, 4) is 0 Å². The molecule has 0 aliphatic carbocycles. The van der Waals surface area contributed by atoms with E-state index in [1.165, 1.54) is 24.0 Å². The smallest absolute Gasteiger partial charge is 0.252 e. The third-order valence-electron chi connectivity index (χ3n) is 5.65. The summed E-state index contributed by atoms with van der Waals surface area (Å²) >= 11 is 0. The highest BCUT2D eigenvalue weighted by Gasteiger charge is 2.39. The average Bonchev–Trinajstić information content (AvgIpc) is 3.22. The number of aromatic amines is 1. The molecule has 7 nitrogen and oxygen atoms in total. The van der Waals surface area contributed by atoms with E-state index in [2.05, 4.69) is 55.4 Å². The number of hydrogen-bond donors (Lipinski definition) is 4. The van der Waals surface area contributed by atoms with Gasteiger partial charge in [0.05, 0.1) is 17.5 Å². The van der Waals surface area contributed by atoms with Crippen LogP contribution in [0.5, 0.6) is 0 Å². The number of nitrogens with one attached hydrogen (secondary N) is 4. The first kappa shape index (κ1) is 18.5. The molecule has 5 rings (SSSR count). The van der Waals surface area contributed by atoms with Crippen LogP contribution in [0.15, 0.2) is 48.8 Å². The minimum atomic E-state index is -0.450. The van der Waals surface area contributed by atoms with E-state index in [1.807, 2.05) is 13.1 Å². The van der Waals surface area contributed by atoms with Crippen molar-refractivity contribution in [2.45, 2.75) is 18.5 Å². The van der Waals surface area contributed by atoms with Crippen LogP contribution < -0.4 is 16.0 Å². The zero-order chi connectivity index (χ0) is 20.7. The Balaban J connectivity index is 1.69. The van der Waals surface area contributed by atoms with Gasteiger partial charge in [0.2, 0.25) is 0 Å². The van der Waals surface area contributed by atoms with E-state index in [4.69, 9.17) is 0 Å². The van der Waals surface area contributed by atoms with Gasteiger partial charge in [0.15, 0.2) is 0 Å². The highest BCUT2D eigenvalue weighted by molar-refractivity contribution is 6.04. The monoisotopic (exact) mass is 404 g/mol. The van der Waals surface area contributed by atoms with Crippen LogP contribution in [-0.4, -0.2) is 34.7 Å². The number of hydrogen-bond acceptors (Lipinski definition) is 5. The van der Waals surface area contributed by atoms with Crippen LogP contribution in [-0.2, 0) is 6.54 Å². The fraction of sp³-hybridized carbons (Fsp3) is 0.227. The van der Waals surface area contributed by atoms with Crippen molar-refractivity contribution in [2.75, 3.05) is 18.9 Å². The molecule has 0 saturated carbocycles. The lowest BCUT2D eigenvalue weighted by Crippen LogP contribution is -2.28. The number of aromatic nitrogens is 3. The van der Waals surface area contributed by atoms with Crippen LogP contribution in [0.2, 0.25) is 0 Å². The van der Waals surface area contributed by atoms with E-state index in [0.29, 0.717) is 23.6 Å². The average molecular weight is 404 g/mol. The number of benzene rings is 2. The Morgan fingerprint density at radius 2 is 2.07 bits per heavy atom. The fourth-order valence-electron chi connectivity index (χ4n) is 4.37. The van der Waals surface area contributed by atoms with Crippen molar-refractivity contribution in [3.05, 3.63) is 82.7 Å². The first-order valence-electron chi connectivity index (χ1n) is 9.83. The van der Waals surface area contributed by atoms with Crippen molar-refractivity contribution < 1.29 is 9.18 Å². The molecule has 3 aromatic rings. The van der Waals surface area contributed by atoms with Gasteiger partial charge >= 0.3 is 0 Å². The number of nitrogens with zero attached hydrogens (tertiary/aromatic N) is 2. The molecule has 2 atom stereocenters. The Kier molecular flexibility index (Phi) is 4.55. The van der Waals surface area contributed by atoms with Crippen LogP contribution >= 0.6 is 0 Å². The van der Waals surface area contributed by atoms with Gasteiger partial charge < -0.3 is 16.0 Å². The predicted octanol–water partition coefficient (Wildman–Crippen LogP) is 2.74. The van der Waals surface area contributed by atoms with Gasteiger partial charge in [-0.05, 0) is 35.9 Å². The van der Waals surface area contributed by atoms with Crippen LogP contribution in [0, 0.1) is 5.82 Å². The van der Waals surface area contributed by atoms with Crippen molar-refractivity contribution in [1.82, 2.24) is 25.8 Å². The molecule has 0 radical (unpaired) electrons. The molecule has 4 N–H and O–H groups in total. The molecule has 2 aromatic carbocycles. The van der Waals surface area contributed by atoms with Gasteiger partial charge in [-0.15, -0.1) is 0 Å². The molecule has 0 bridgehead atoms. The molecule has 152 valence electrons.